The molecule has 0 aliphatic carbocycles. The number of rotatable bonds is 2. The number of hydrogen-bond donors (Lipinski definition) is 1. The zero-order chi connectivity index (χ0) is 8.73. The third-order valence-corrected chi connectivity index (χ3v) is 1.19. The lowest BCUT2D eigenvalue weighted by molar-refractivity contribution is -0.119. The van der Waals surface area contributed by atoms with Crippen LogP contribution in [0.2, 0.25) is 0 Å². The molecule has 0 saturated carbocycles. The average molecular weight is 145 g/mol. The van der Waals surface area contributed by atoms with Crippen LogP contribution in [0.3, 0.4) is 0 Å². The van der Waals surface area contributed by atoms with Crippen molar-refractivity contribution < 1.29 is 4.79 Å². The van der Waals surface area contributed by atoms with Gasteiger partial charge in [-0.05, 0) is 12.8 Å². The first kappa shape index (κ1) is 12.3. The molecule has 0 bridgehead atoms. The SMILES string of the molecule is CC.CC(=O)[C@@H](N)C(C)C. The van der Waals surface area contributed by atoms with Crippen LogP contribution in [0.15, 0.2) is 0 Å². The first-order chi connectivity index (χ1) is 4.55. The van der Waals surface area contributed by atoms with Gasteiger partial charge in [0.05, 0.1) is 6.04 Å². The Morgan fingerprint density at radius 3 is 1.60 bits per heavy atom. The van der Waals surface area contributed by atoms with Gasteiger partial charge < -0.3 is 5.73 Å². The molecule has 0 aromatic carbocycles. The summed E-state index contributed by atoms with van der Waals surface area (Å²) in [6.45, 7) is 9.39. The Bertz CT molecular complexity index is 89.3. The Morgan fingerprint density at radius 1 is 1.30 bits per heavy atom. The summed E-state index contributed by atoms with van der Waals surface area (Å²) >= 11 is 0. The van der Waals surface area contributed by atoms with Gasteiger partial charge >= 0.3 is 0 Å². The van der Waals surface area contributed by atoms with Gasteiger partial charge in [-0.25, -0.2) is 0 Å². The molecule has 2 N–H and O–H groups in total. The van der Waals surface area contributed by atoms with Crippen molar-refractivity contribution in [3.8, 4) is 0 Å². The molecular weight excluding hydrogens is 126 g/mol. The lowest BCUT2D eigenvalue weighted by Gasteiger charge is -2.09. The van der Waals surface area contributed by atoms with Crippen LogP contribution in [0.4, 0.5) is 0 Å². The Balaban J connectivity index is 0. The van der Waals surface area contributed by atoms with Crippen molar-refractivity contribution in [2.24, 2.45) is 11.7 Å². The maximum Gasteiger partial charge on any atom is 0.146 e. The van der Waals surface area contributed by atoms with Crippen molar-refractivity contribution >= 4 is 5.78 Å². The number of hydrogen-bond acceptors (Lipinski definition) is 2. The van der Waals surface area contributed by atoms with E-state index in [9.17, 15) is 4.79 Å². The highest BCUT2D eigenvalue weighted by atomic mass is 16.1. The van der Waals surface area contributed by atoms with Gasteiger partial charge in [0, 0.05) is 0 Å². The number of carbonyl (C=O) groups excluding carboxylic acids is 1. The number of carbonyl (C=O) groups is 1. The monoisotopic (exact) mass is 145 g/mol. The van der Waals surface area contributed by atoms with Gasteiger partial charge in [0.15, 0.2) is 0 Å². The van der Waals surface area contributed by atoms with Gasteiger partial charge in [-0.3, -0.25) is 4.79 Å². The normalized spacial score (nSPS) is 11.9. The van der Waals surface area contributed by atoms with Gasteiger partial charge in [-0.15, -0.1) is 0 Å². The van der Waals surface area contributed by atoms with Crippen molar-refractivity contribution in [3.05, 3.63) is 0 Å². The highest BCUT2D eigenvalue weighted by Gasteiger charge is 2.10. The van der Waals surface area contributed by atoms with E-state index < -0.39 is 0 Å². The predicted octanol–water partition coefficient (Wildman–Crippen LogP) is 1.58. The molecular formula is C8H19NO. The van der Waals surface area contributed by atoms with Gasteiger partial charge in [-0.1, -0.05) is 27.7 Å². The fourth-order valence-electron chi connectivity index (χ4n) is 0.469. The molecule has 0 radical (unpaired) electrons. The predicted molar refractivity (Wildman–Crippen MR) is 44.8 cm³/mol. The standard InChI is InChI=1S/C6H13NO.C2H6/c1-4(2)6(7)5(3)8;1-2/h4,6H,7H2,1-3H3;1-2H3/t6-;/m0./s1. The maximum absolute atomic E-state index is 10.5. The summed E-state index contributed by atoms with van der Waals surface area (Å²) in [4.78, 5) is 10.5. The van der Waals surface area contributed by atoms with Gasteiger partial charge in [0.2, 0.25) is 0 Å². The summed E-state index contributed by atoms with van der Waals surface area (Å²) in [7, 11) is 0. The van der Waals surface area contributed by atoms with E-state index >= 15 is 0 Å². The van der Waals surface area contributed by atoms with Crippen LogP contribution in [-0.4, -0.2) is 11.8 Å². The van der Waals surface area contributed by atoms with Crippen LogP contribution in [0.1, 0.15) is 34.6 Å². The van der Waals surface area contributed by atoms with E-state index in [1.54, 1.807) is 0 Å². The van der Waals surface area contributed by atoms with E-state index in [-0.39, 0.29) is 17.7 Å². The molecule has 0 spiro atoms. The van der Waals surface area contributed by atoms with Crippen LogP contribution < -0.4 is 5.73 Å². The lowest BCUT2D eigenvalue weighted by atomic mass is 10.0. The minimum Gasteiger partial charge on any atom is -0.321 e. The van der Waals surface area contributed by atoms with E-state index in [1.807, 2.05) is 27.7 Å². The van der Waals surface area contributed by atoms with Crippen molar-refractivity contribution in [1.82, 2.24) is 0 Å². The molecule has 0 saturated heterocycles. The van der Waals surface area contributed by atoms with Gasteiger partial charge in [0.1, 0.15) is 5.78 Å². The topological polar surface area (TPSA) is 43.1 Å². The first-order valence-corrected chi connectivity index (χ1v) is 3.81. The summed E-state index contributed by atoms with van der Waals surface area (Å²) < 4.78 is 0. The van der Waals surface area contributed by atoms with Gasteiger partial charge in [0.25, 0.3) is 0 Å². The van der Waals surface area contributed by atoms with Crippen molar-refractivity contribution in [1.29, 1.82) is 0 Å². The molecule has 0 fully saturated rings. The third-order valence-electron chi connectivity index (χ3n) is 1.19. The Kier molecular flexibility index (Phi) is 8.31. The molecule has 2 nitrogen and oxygen atoms in total. The van der Waals surface area contributed by atoms with Crippen LogP contribution >= 0.6 is 0 Å². The zero-order valence-electron chi connectivity index (χ0n) is 7.64. The maximum atomic E-state index is 10.5. The Hall–Kier alpha value is -0.370. The van der Waals surface area contributed by atoms with Crippen LogP contribution in [0.5, 0.6) is 0 Å². The third kappa shape index (κ3) is 5.76. The minimum absolute atomic E-state index is 0.0694. The Morgan fingerprint density at radius 2 is 1.60 bits per heavy atom. The second-order valence-electron chi connectivity index (χ2n) is 2.38. The fraction of sp³-hybridized carbons (Fsp3) is 0.875. The summed E-state index contributed by atoms with van der Waals surface area (Å²) in [6, 6.07) is -0.269. The highest BCUT2D eigenvalue weighted by molar-refractivity contribution is 5.81. The van der Waals surface area contributed by atoms with E-state index in [2.05, 4.69) is 0 Å². The van der Waals surface area contributed by atoms with Crippen molar-refractivity contribution in [2.45, 2.75) is 40.7 Å². The number of nitrogens with two attached hydrogens (primary N) is 1. The molecule has 0 aromatic heterocycles. The molecule has 10 heavy (non-hydrogen) atoms. The van der Waals surface area contributed by atoms with Crippen molar-refractivity contribution in [3.63, 3.8) is 0 Å². The summed E-state index contributed by atoms with van der Waals surface area (Å²) in [5.74, 6) is 0.340. The molecule has 1 atom stereocenters. The summed E-state index contributed by atoms with van der Waals surface area (Å²) in [5.41, 5.74) is 5.41. The molecule has 0 rings (SSSR count). The quantitative estimate of drug-likeness (QED) is 0.641. The molecule has 0 heterocycles. The molecule has 0 aliphatic heterocycles. The van der Waals surface area contributed by atoms with Crippen LogP contribution in [0, 0.1) is 5.92 Å². The van der Waals surface area contributed by atoms with E-state index in [1.165, 1.54) is 6.92 Å². The lowest BCUT2D eigenvalue weighted by Crippen LogP contribution is -2.33. The van der Waals surface area contributed by atoms with E-state index in [0.717, 1.165) is 0 Å². The Labute approximate surface area is 63.8 Å². The van der Waals surface area contributed by atoms with Crippen molar-refractivity contribution in [2.75, 3.05) is 0 Å². The average Bonchev–Trinajstić information content (AvgIpc) is 1.90. The van der Waals surface area contributed by atoms with Crippen LogP contribution in [0.25, 0.3) is 0 Å². The second kappa shape index (κ2) is 6.75. The zero-order valence-corrected chi connectivity index (χ0v) is 7.64. The largest absolute Gasteiger partial charge is 0.321 e. The van der Waals surface area contributed by atoms with E-state index in [0.29, 0.717) is 0 Å². The summed E-state index contributed by atoms with van der Waals surface area (Å²) in [5, 5.41) is 0. The molecule has 0 unspecified atom stereocenters. The van der Waals surface area contributed by atoms with Crippen LogP contribution in [-0.2, 0) is 4.79 Å². The molecule has 0 amide bonds. The van der Waals surface area contributed by atoms with Gasteiger partial charge in [-0.2, -0.15) is 0 Å². The minimum atomic E-state index is -0.269. The number of Topliss-reactive ketones (excluding diaryl/α,β-unsaturated/α-hetero) is 1. The molecule has 62 valence electrons. The molecule has 0 aliphatic rings. The first-order valence-electron chi connectivity index (χ1n) is 3.81. The number of ketones is 1. The van der Waals surface area contributed by atoms with E-state index in [4.69, 9.17) is 5.73 Å². The smallest absolute Gasteiger partial charge is 0.146 e. The fourth-order valence-corrected chi connectivity index (χ4v) is 0.469. The summed E-state index contributed by atoms with van der Waals surface area (Å²) in [6.07, 6.45) is 0. The molecule has 2 heteroatoms. The highest BCUT2D eigenvalue weighted by Crippen LogP contribution is 1.97. The molecule has 0 aromatic rings. The second-order valence-corrected chi connectivity index (χ2v) is 2.38.